The van der Waals surface area contributed by atoms with Gasteiger partial charge in [0.1, 0.15) is 17.4 Å². The third-order valence-corrected chi connectivity index (χ3v) is 6.12. The fourth-order valence-electron chi connectivity index (χ4n) is 4.04. The Morgan fingerprint density at radius 3 is 3.03 bits per heavy atom. The van der Waals surface area contributed by atoms with Gasteiger partial charge < -0.3 is 25.2 Å². The Morgan fingerprint density at radius 2 is 2.22 bits per heavy atom. The number of ether oxygens (including phenoxy) is 1. The van der Waals surface area contributed by atoms with Gasteiger partial charge in [-0.25, -0.2) is 4.98 Å². The normalized spacial score (nSPS) is 19.9. The first-order valence-corrected chi connectivity index (χ1v) is 11.5. The average molecular weight is 463 g/mol. The number of carbonyl (C=O) groups is 1. The molecule has 0 spiro atoms. The highest BCUT2D eigenvalue weighted by Gasteiger charge is 2.23. The van der Waals surface area contributed by atoms with Crippen molar-refractivity contribution in [3.63, 3.8) is 0 Å². The predicted molar refractivity (Wildman–Crippen MR) is 124 cm³/mol. The summed E-state index contributed by atoms with van der Waals surface area (Å²) in [7, 11) is 2.13. The maximum absolute atomic E-state index is 12.0. The van der Waals surface area contributed by atoms with Gasteiger partial charge in [0.15, 0.2) is 0 Å². The maximum Gasteiger partial charge on any atom is 0.248 e. The van der Waals surface area contributed by atoms with Gasteiger partial charge in [0.05, 0.1) is 23.6 Å². The van der Waals surface area contributed by atoms with E-state index in [1.54, 1.807) is 6.20 Å². The van der Waals surface area contributed by atoms with Crippen LogP contribution >= 0.6 is 11.6 Å². The van der Waals surface area contributed by atoms with E-state index in [2.05, 4.69) is 37.6 Å². The molecule has 4 rings (SSSR count). The number of likely N-dealkylation sites (N-methyl/N-ethyl adjacent to an activating group) is 1. The zero-order chi connectivity index (χ0) is 22.5. The number of aryl methyl sites for hydroxylation is 1. The topological polar surface area (TPSA) is 100 Å². The molecule has 10 nitrogen and oxygen atoms in total. The first-order valence-electron chi connectivity index (χ1n) is 11.1. The number of anilines is 3. The van der Waals surface area contributed by atoms with Crippen LogP contribution in [0.2, 0.25) is 5.02 Å². The van der Waals surface area contributed by atoms with Gasteiger partial charge in [-0.05, 0) is 39.8 Å². The van der Waals surface area contributed by atoms with Crippen LogP contribution in [-0.2, 0) is 9.53 Å². The highest BCUT2D eigenvalue weighted by Crippen LogP contribution is 2.26. The van der Waals surface area contributed by atoms with Crippen molar-refractivity contribution in [1.29, 1.82) is 0 Å². The first-order chi connectivity index (χ1) is 15.5. The molecule has 2 fully saturated rings. The van der Waals surface area contributed by atoms with E-state index in [1.807, 2.05) is 22.7 Å². The van der Waals surface area contributed by atoms with E-state index in [0.29, 0.717) is 42.5 Å². The molecule has 0 aromatic carbocycles. The Morgan fingerprint density at radius 1 is 1.34 bits per heavy atom. The Hall–Kier alpha value is -2.43. The van der Waals surface area contributed by atoms with Gasteiger partial charge in [-0.3, -0.25) is 9.48 Å². The second-order valence-corrected chi connectivity index (χ2v) is 8.80. The van der Waals surface area contributed by atoms with Crippen molar-refractivity contribution in [3.8, 4) is 0 Å². The van der Waals surface area contributed by atoms with Gasteiger partial charge in [0.25, 0.3) is 0 Å². The molecule has 2 aromatic rings. The third-order valence-electron chi connectivity index (χ3n) is 5.84. The van der Waals surface area contributed by atoms with Crippen LogP contribution in [0.3, 0.4) is 0 Å². The van der Waals surface area contributed by atoms with Crippen molar-refractivity contribution in [1.82, 2.24) is 29.5 Å². The minimum Gasteiger partial charge on any atom is -0.372 e. The summed E-state index contributed by atoms with van der Waals surface area (Å²) in [5.41, 5.74) is 1.79. The van der Waals surface area contributed by atoms with E-state index in [-0.39, 0.29) is 12.5 Å². The third kappa shape index (κ3) is 5.67. The second kappa shape index (κ2) is 10.5. The highest BCUT2D eigenvalue weighted by atomic mass is 35.5. The number of rotatable bonds is 8. The number of hydrogen-bond donors (Lipinski definition) is 2. The number of nitrogens with zero attached hydrogens (tertiary/aromatic N) is 6. The maximum atomic E-state index is 12.0. The number of nitrogens with one attached hydrogen (secondary N) is 2. The molecule has 0 aliphatic carbocycles. The van der Waals surface area contributed by atoms with Crippen LogP contribution in [0.4, 0.5) is 17.5 Å². The summed E-state index contributed by atoms with van der Waals surface area (Å²) >= 11 is 6.29. The Balaban J connectivity index is 1.32. The van der Waals surface area contributed by atoms with E-state index in [1.165, 1.54) is 0 Å². The van der Waals surface area contributed by atoms with Crippen molar-refractivity contribution < 1.29 is 9.53 Å². The molecule has 0 bridgehead atoms. The molecule has 2 saturated heterocycles. The van der Waals surface area contributed by atoms with E-state index in [0.717, 1.165) is 50.3 Å². The zero-order valence-electron chi connectivity index (χ0n) is 18.7. The van der Waals surface area contributed by atoms with E-state index < -0.39 is 0 Å². The van der Waals surface area contributed by atoms with Crippen molar-refractivity contribution in [2.75, 3.05) is 63.6 Å². The molecule has 174 valence electrons. The summed E-state index contributed by atoms with van der Waals surface area (Å²) in [6, 6.07) is 0.389. The average Bonchev–Trinajstić information content (AvgIpc) is 3.30. The smallest absolute Gasteiger partial charge is 0.248 e. The van der Waals surface area contributed by atoms with E-state index >= 15 is 0 Å². The number of halogens is 1. The molecule has 11 heteroatoms. The van der Waals surface area contributed by atoms with Crippen LogP contribution in [0.5, 0.6) is 0 Å². The lowest BCUT2D eigenvalue weighted by Crippen LogP contribution is -2.34. The second-order valence-electron chi connectivity index (χ2n) is 8.40. The molecule has 4 heterocycles. The SMILES string of the molecule is Cc1nn([C@@H]2CCN(C)C2)cc1Nc1ncc(Cl)c(NCCCN2CCCOCC2=O)n1. The molecule has 2 N–H and O–H groups in total. The van der Waals surface area contributed by atoms with Crippen molar-refractivity contribution >= 4 is 35.0 Å². The molecule has 2 aromatic heterocycles. The molecule has 1 amide bonds. The van der Waals surface area contributed by atoms with Gasteiger partial charge in [-0.15, -0.1) is 0 Å². The van der Waals surface area contributed by atoms with Crippen LogP contribution in [0.25, 0.3) is 0 Å². The van der Waals surface area contributed by atoms with Crippen LogP contribution in [-0.4, -0.2) is 88.4 Å². The molecular formula is C21H31ClN8O2. The first kappa shape index (κ1) is 22.8. The number of likely N-dealkylation sites (tertiary alicyclic amines) is 1. The van der Waals surface area contributed by atoms with Crippen molar-refractivity contribution in [3.05, 3.63) is 23.1 Å². The van der Waals surface area contributed by atoms with Gasteiger partial charge in [0, 0.05) is 39.0 Å². The summed E-state index contributed by atoms with van der Waals surface area (Å²) in [5.74, 6) is 1.08. The molecule has 0 radical (unpaired) electrons. The van der Waals surface area contributed by atoms with Gasteiger partial charge in [0.2, 0.25) is 11.9 Å². The Labute approximate surface area is 193 Å². The minimum atomic E-state index is 0.0502. The standard InChI is InChI=1S/C21H31ClN8O2/c1-15-18(13-30(27-15)16-5-9-28(2)12-16)25-21-24-11-17(22)20(26-21)23-6-3-7-29-8-4-10-32-14-19(29)31/h11,13,16H,3-10,12,14H2,1-2H3,(H2,23,24,25,26)/t16-/m1/s1. The summed E-state index contributed by atoms with van der Waals surface area (Å²) in [6.07, 6.45) is 6.36. The minimum absolute atomic E-state index is 0.0502. The fourth-order valence-corrected chi connectivity index (χ4v) is 4.19. The van der Waals surface area contributed by atoms with Crippen LogP contribution < -0.4 is 10.6 Å². The largest absolute Gasteiger partial charge is 0.372 e. The van der Waals surface area contributed by atoms with Crippen LogP contribution in [0, 0.1) is 6.92 Å². The van der Waals surface area contributed by atoms with Gasteiger partial charge >= 0.3 is 0 Å². The van der Waals surface area contributed by atoms with E-state index in [9.17, 15) is 4.79 Å². The highest BCUT2D eigenvalue weighted by molar-refractivity contribution is 6.32. The fraction of sp³-hybridized carbons (Fsp3) is 0.619. The van der Waals surface area contributed by atoms with Gasteiger partial charge in [-0.2, -0.15) is 10.1 Å². The summed E-state index contributed by atoms with van der Waals surface area (Å²) in [4.78, 5) is 25.0. The summed E-state index contributed by atoms with van der Waals surface area (Å²) < 4.78 is 7.31. The lowest BCUT2D eigenvalue weighted by atomic mass is 10.3. The lowest BCUT2D eigenvalue weighted by Gasteiger charge is -2.19. The number of amides is 1. The van der Waals surface area contributed by atoms with Crippen molar-refractivity contribution in [2.24, 2.45) is 0 Å². The van der Waals surface area contributed by atoms with Crippen LogP contribution in [0.1, 0.15) is 31.0 Å². The molecule has 2 aliphatic heterocycles. The van der Waals surface area contributed by atoms with Crippen LogP contribution in [0.15, 0.2) is 12.4 Å². The van der Waals surface area contributed by atoms with Gasteiger partial charge in [-0.1, -0.05) is 11.6 Å². The molecule has 0 unspecified atom stereocenters. The summed E-state index contributed by atoms with van der Waals surface area (Å²) in [5, 5.41) is 11.7. The van der Waals surface area contributed by atoms with Crippen molar-refractivity contribution in [2.45, 2.75) is 32.2 Å². The Bertz CT molecular complexity index is 937. The molecular weight excluding hydrogens is 432 g/mol. The molecule has 0 saturated carbocycles. The summed E-state index contributed by atoms with van der Waals surface area (Å²) in [6.45, 7) is 6.94. The monoisotopic (exact) mass is 462 g/mol. The van der Waals surface area contributed by atoms with E-state index in [4.69, 9.17) is 16.3 Å². The molecule has 32 heavy (non-hydrogen) atoms. The number of aromatic nitrogens is 4. The molecule has 1 atom stereocenters. The predicted octanol–water partition coefficient (Wildman–Crippen LogP) is 2.31. The lowest BCUT2D eigenvalue weighted by molar-refractivity contribution is -0.133. The zero-order valence-corrected chi connectivity index (χ0v) is 19.4. The number of carbonyl (C=O) groups excluding carboxylic acids is 1. The Kier molecular flexibility index (Phi) is 7.44. The molecule has 2 aliphatic rings. The number of hydrogen-bond acceptors (Lipinski definition) is 8. The quantitative estimate of drug-likeness (QED) is 0.576.